The number of carbonyl (C=O) groups is 1. The van der Waals surface area contributed by atoms with Gasteiger partial charge in [-0.3, -0.25) is 14.6 Å². The number of rotatable bonds is 9. The second kappa shape index (κ2) is 11.3. The Bertz CT molecular complexity index is 1290. The highest BCUT2D eigenvalue weighted by molar-refractivity contribution is 7.91. The maximum Gasteiger partial charge on any atom is 0.229 e. The third-order valence-corrected chi connectivity index (χ3v) is 8.86. The molecule has 1 aromatic heterocycles. The zero-order chi connectivity index (χ0) is 25.0. The van der Waals surface area contributed by atoms with E-state index in [1.165, 1.54) is 23.5 Å². The number of amides is 1. The van der Waals surface area contributed by atoms with E-state index in [1.807, 2.05) is 19.1 Å². The van der Waals surface area contributed by atoms with Gasteiger partial charge >= 0.3 is 0 Å². The van der Waals surface area contributed by atoms with Crippen molar-refractivity contribution in [2.45, 2.75) is 24.7 Å². The smallest absolute Gasteiger partial charge is 0.229 e. The molecule has 7 nitrogen and oxygen atoms in total. The Labute approximate surface area is 213 Å². The fourth-order valence-corrected chi connectivity index (χ4v) is 6.67. The molecule has 11 heteroatoms. The van der Waals surface area contributed by atoms with Gasteiger partial charge in [-0.1, -0.05) is 22.9 Å². The zero-order valence-corrected chi connectivity index (χ0v) is 21.8. The van der Waals surface area contributed by atoms with Gasteiger partial charge in [-0.05, 0) is 55.3 Å². The maximum absolute atomic E-state index is 13.3. The van der Waals surface area contributed by atoms with Crippen molar-refractivity contribution in [2.75, 3.05) is 50.0 Å². The number of aromatic nitrogens is 1. The van der Waals surface area contributed by atoms with E-state index in [2.05, 4.69) is 4.90 Å². The lowest BCUT2D eigenvalue weighted by Gasteiger charge is -2.27. The number of nitrogens with zero attached hydrogens (tertiary/aromatic N) is 3. The van der Waals surface area contributed by atoms with Gasteiger partial charge in [0.2, 0.25) is 5.91 Å². The van der Waals surface area contributed by atoms with Gasteiger partial charge in [-0.25, -0.2) is 17.8 Å². The highest BCUT2D eigenvalue weighted by Gasteiger charge is 2.24. The number of benzene rings is 2. The van der Waals surface area contributed by atoms with Gasteiger partial charge in [0.05, 0.1) is 34.1 Å². The van der Waals surface area contributed by atoms with Crippen LogP contribution in [0.5, 0.6) is 0 Å². The lowest BCUT2D eigenvalue weighted by Crippen LogP contribution is -2.39. The van der Waals surface area contributed by atoms with Gasteiger partial charge in [0, 0.05) is 37.6 Å². The molecule has 0 N–H and O–H groups in total. The van der Waals surface area contributed by atoms with Crippen molar-refractivity contribution < 1.29 is 22.3 Å². The van der Waals surface area contributed by atoms with Gasteiger partial charge in [-0.2, -0.15) is 0 Å². The van der Waals surface area contributed by atoms with Crippen molar-refractivity contribution in [3.05, 3.63) is 52.8 Å². The summed E-state index contributed by atoms with van der Waals surface area (Å²) in [6.07, 6.45) is 0.513. The van der Waals surface area contributed by atoms with Crippen LogP contribution in [0.4, 0.5) is 9.52 Å². The largest absolute Gasteiger partial charge is 0.379 e. The Morgan fingerprint density at radius 3 is 2.66 bits per heavy atom. The van der Waals surface area contributed by atoms with E-state index >= 15 is 0 Å². The van der Waals surface area contributed by atoms with Crippen LogP contribution in [0.2, 0.25) is 5.02 Å². The molecule has 2 heterocycles. The SMILES string of the molecule is Cc1cc(Cl)cc2sc(N(CCCN3CCOCC3)C(=O)CCS(=O)(=O)c3ccc(F)cc3)nc12. The molecule has 0 bridgehead atoms. The molecule has 0 unspecified atom stereocenters. The first-order valence-electron chi connectivity index (χ1n) is 11.4. The number of aryl methyl sites for hydroxylation is 1. The molecular weight excluding hydrogens is 513 g/mol. The Kier molecular flexibility index (Phi) is 8.38. The van der Waals surface area contributed by atoms with Crippen molar-refractivity contribution in [1.82, 2.24) is 9.88 Å². The van der Waals surface area contributed by atoms with Crippen LogP contribution in [0.1, 0.15) is 18.4 Å². The third kappa shape index (κ3) is 6.56. The molecule has 0 spiro atoms. The van der Waals surface area contributed by atoms with E-state index in [0.717, 1.165) is 47.5 Å². The Morgan fingerprint density at radius 1 is 1.23 bits per heavy atom. The van der Waals surface area contributed by atoms with Crippen LogP contribution in [-0.4, -0.2) is 69.4 Å². The van der Waals surface area contributed by atoms with E-state index in [0.29, 0.717) is 36.3 Å². The quantitative estimate of drug-likeness (QED) is 0.377. The first-order valence-corrected chi connectivity index (χ1v) is 14.2. The molecule has 0 radical (unpaired) electrons. The van der Waals surface area contributed by atoms with Crippen LogP contribution in [0.25, 0.3) is 10.2 Å². The molecule has 2 aromatic carbocycles. The molecule has 1 saturated heterocycles. The number of halogens is 2. The topological polar surface area (TPSA) is 79.8 Å². The number of fused-ring (bicyclic) bond motifs is 1. The second-order valence-corrected chi connectivity index (χ2v) is 12.0. The molecule has 1 aliphatic heterocycles. The number of ether oxygens (including phenoxy) is 1. The summed E-state index contributed by atoms with van der Waals surface area (Å²) < 4.78 is 44.9. The molecule has 1 fully saturated rings. The number of morpholine rings is 1. The van der Waals surface area contributed by atoms with Crippen LogP contribution in [0.3, 0.4) is 0 Å². The fraction of sp³-hybridized carbons (Fsp3) is 0.417. The van der Waals surface area contributed by atoms with Crippen LogP contribution >= 0.6 is 22.9 Å². The molecule has 0 atom stereocenters. The number of hydrogen-bond donors (Lipinski definition) is 0. The molecule has 0 aliphatic carbocycles. The van der Waals surface area contributed by atoms with Gasteiger partial charge < -0.3 is 4.74 Å². The van der Waals surface area contributed by atoms with E-state index in [4.69, 9.17) is 21.3 Å². The number of sulfone groups is 1. The van der Waals surface area contributed by atoms with Gasteiger partial charge in [0.1, 0.15) is 5.82 Å². The molecule has 35 heavy (non-hydrogen) atoms. The van der Waals surface area contributed by atoms with Crippen molar-refractivity contribution in [1.29, 1.82) is 0 Å². The van der Waals surface area contributed by atoms with E-state index in [9.17, 15) is 17.6 Å². The van der Waals surface area contributed by atoms with E-state index in [-0.39, 0.29) is 23.0 Å². The number of thiazole rings is 1. The minimum absolute atomic E-state index is 0.00387. The van der Waals surface area contributed by atoms with Crippen molar-refractivity contribution in [2.24, 2.45) is 0 Å². The van der Waals surface area contributed by atoms with Crippen molar-refractivity contribution in [3.8, 4) is 0 Å². The molecule has 1 aliphatic rings. The van der Waals surface area contributed by atoms with Gasteiger partial charge in [0.25, 0.3) is 0 Å². The average molecular weight is 540 g/mol. The van der Waals surface area contributed by atoms with Crippen molar-refractivity contribution in [3.63, 3.8) is 0 Å². The highest BCUT2D eigenvalue weighted by Crippen LogP contribution is 2.33. The minimum atomic E-state index is -3.73. The second-order valence-electron chi connectivity index (χ2n) is 8.44. The lowest BCUT2D eigenvalue weighted by atomic mass is 10.2. The predicted octanol–water partition coefficient (Wildman–Crippen LogP) is 4.32. The first kappa shape index (κ1) is 26.0. The van der Waals surface area contributed by atoms with Crippen LogP contribution in [0, 0.1) is 12.7 Å². The monoisotopic (exact) mass is 539 g/mol. The van der Waals surface area contributed by atoms with Crippen molar-refractivity contribution >= 4 is 54.0 Å². The van der Waals surface area contributed by atoms with E-state index < -0.39 is 15.7 Å². The van der Waals surface area contributed by atoms with E-state index in [1.54, 1.807) is 4.90 Å². The molecular formula is C24H27ClFN3O4S2. The summed E-state index contributed by atoms with van der Waals surface area (Å²) in [6.45, 7) is 6.22. The summed E-state index contributed by atoms with van der Waals surface area (Å²) >= 11 is 7.57. The molecule has 3 aromatic rings. The summed E-state index contributed by atoms with van der Waals surface area (Å²) in [5.41, 5.74) is 1.69. The van der Waals surface area contributed by atoms with Crippen LogP contribution < -0.4 is 4.90 Å². The summed E-state index contributed by atoms with van der Waals surface area (Å²) in [7, 11) is -3.73. The third-order valence-electron chi connectivity index (χ3n) is 5.89. The summed E-state index contributed by atoms with van der Waals surface area (Å²) in [5, 5.41) is 1.12. The Morgan fingerprint density at radius 2 is 1.94 bits per heavy atom. The molecule has 1 amide bonds. The number of hydrogen-bond acceptors (Lipinski definition) is 7. The molecule has 4 rings (SSSR count). The highest BCUT2D eigenvalue weighted by atomic mass is 35.5. The maximum atomic E-state index is 13.3. The lowest BCUT2D eigenvalue weighted by molar-refractivity contribution is -0.118. The standard InChI is InChI=1S/C24H27ClFN3O4S2/c1-17-15-18(25)16-21-23(17)27-24(34-21)29(9-2-8-28-10-12-33-13-11-28)22(30)7-14-35(31,32)20-5-3-19(26)4-6-20/h3-6,15-16H,2,7-14H2,1H3. The van der Waals surface area contributed by atoms with Crippen LogP contribution in [0.15, 0.2) is 41.3 Å². The average Bonchev–Trinajstić information content (AvgIpc) is 3.25. The van der Waals surface area contributed by atoms with Gasteiger partial charge in [-0.15, -0.1) is 0 Å². The van der Waals surface area contributed by atoms with Crippen LogP contribution in [-0.2, 0) is 19.4 Å². The Hall–Kier alpha value is -2.11. The Balaban J connectivity index is 1.51. The molecule has 0 saturated carbocycles. The number of anilines is 1. The summed E-state index contributed by atoms with van der Waals surface area (Å²) in [6, 6.07) is 8.28. The minimum Gasteiger partial charge on any atom is -0.379 e. The summed E-state index contributed by atoms with van der Waals surface area (Å²) in [5.74, 6) is -1.20. The van der Waals surface area contributed by atoms with Gasteiger partial charge in [0.15, 0.2) is 15.0 Å². The molecule has 188 valence electrons. The fourth-order valence-electron chi connectivity index (χ4n) is 3.98. The summed E-state index contributed by atoms with van der Waals surface area (Å²) in [4.78, 5) is 21.9. The first-order chi connectivity index (χ1) is 16.7. The normalized spacial score (nSPS) is 14.9. The predicted molar refractivity (Wildman–Crippen MR) is 137 cm³/mol. The number of carbonyl (C=O) groups excluding carboxylic acids is 1. The zero-order valence-electron chi connectivity index (χ0n) is 19.4.